The summed E-state index contributed by atoms with van der Waals surface area (Å²) in [5, 5.41) is 3.37. The molecule has 0 heterocycles. The maximum atomic E-state index is 12.2. The summed E-state index contributed by atoms with van der Waals surface area (Å²) in [6, 6.07) is 13.3. The fourth-order valence-electron chi connectivity index (χ4n) is 1.96. The average Bonchev–Trinajstić information content (AvgIpc) is 2.52. The Morgan fingerprint density at radius 1 is 0.957 bits per heavy atom. The third-order valence-electron chi connectivity index (χ3n) is 3.20. The zero-order chi connectivity index (χ0) is 16.9. The van der Waals surface area contributed by atoms with Gasteiger partial charge in [0.15, 0.2) is 9.84 Å². The van der Waals surface area contributed by atoms with Crippen LogP contribution >= 0.6 is 23.2 Å². The van der Waals surface area contributed by atoms with Crippen LogP contribution in [0.3, 0.4) is 0 Å². The quantitative estimate of drug-likeness (QED) is 0.845. The van der Waals surface area contributed by atoms with Gasteiger partial charge < -0.3 is 5.32 Å². The second kappa shape index (κ2) is 7.81. The van der Waals surface area contributed by atoms with Gasteiger partial charge in [0, 0.05) is 18.0 Å². The minimum Gasteiger partial charge on any atom is -0.352 e. The van der Waals surface area contributed by atoms with E-state index in [0.717, 1.165) is 5.56 Å². The van der Waals surface area contributed by atoms with E-state index in [9.17, 15) is 13.2 Å². The molecule has 2 rings (SSSR count). The van der Waals surface area contributed by atoms with Gasteiger partial charge in [-0.05, 0) is 23.8 Å². The second-order valence-corrected chi connectivity index (χ2v) is 7.76. The van der Waals surface area contributed by atoms with Gasteiger partial charge in [-0.3, -0.25) is 4.79 Å². The van der Waals surface area contributed by atoms with Gasteiger partial charge >= 0.3 is 0 Å². The third kappa shape index (κ3) is 4.96. The monoisotopic (exact) mass is 371 g/mol. The molecule has 0 aliphatic carbocycles. The Balaban J connectivity index is 1.92. The number of carbonyl (C=O) groups is 1. The number of hydrogen-bond acceptors (Lipinski definition) is 3. The van der Waals surface area contributed by atoms with Crippen molar-refractivity contribution in [2.75, 3.05) is 5.75 Å². The minimum absolute atomic E-state index is 0.0422. The highest BCUT2D eigenvalue weighted by Crippen LogP contribution is 2.22. The molecule has 1 amide bonds. The molecule has 0 radical (unpaired) electrons. The summed E-state index contributed by atoms with van der Waals surface area (Å²) in [5.74, 6) is -0.661. The van der Waals surface area contributed by atoms with Crippen molar-refractivity contribution in [2.24, 2.45) is 0 Å². The molecule has 0 saturated heterocycles. The highest BCUT2D eigenvalue weighted by Gasteiger charge is 2.19. The number of halogens is 2. The van der Waals surface area contributed by atoms with Crippen LogP contribution in [0.5, 0.6) is 0 Å². The fourth-order valence-corrected chi connectivity index (χ4v) is 3.97. The van der Waals surface area contributed by atoms with E-state index in [-0.39, 0.29) is 34.5 Å². The van der Waals surface area contributed by atoms with E-state index in [2.05, 4.69) is 5.32 Å². The van der Waals surface area contributed by atoms with Crippen LogP contribution in [0.2, 0.25) is 10.0 Å². The van der Waals surface area contributed by atoms with Crippen LogP contribution in [0.4, 0.5) is 0 Å². The molecule has 0 atom stereocenters. The summed E-state index contributed by atoms with van der Waals surface area (Å²) < 4.78 is 24.4. The maximum absolute atomic E-state index is 12.2. The maximum Gasteiger partial charge on any atom is 0.221 e. The molecule has 0 aromatic heterocycles. The lowest BCUT2D eigenvalue weighted by Gasteiger charge is -2.08. The number of carbonyl (C=O) groups excluding carboxylic acids is 1. The van der Waals surface area contributed by atoms with Gasteiger partial charge in [-0.2, -0.15) is 0 Å². The van der Waals surface area contributed by atoms with Crippen molar-refractivity contribution in [2.45, 2.75) is 17.9 Å². The topological polar surface area (TPSA) is 63.2 Å². The highest BCUT2D eigenvalue weighted by molar-refractivity contribution is 7.91. The summed E-state index contributed by atoms with van der Waals surface area (Å²) in [5.41, 5.74) is 0.775. The Morgan fingerprint density at radius 2 is 1.57 bits per heavy atom. The van der Waals surface area contributed by atoms with E-state index in [4.69, 9.17) is 23.2 Å². The Labute approximate surface area is 145 Å². The second-order valence-electron chi connectivity index (χ2n) is 4.87. The van der Waals surface area contributed by atoms with Crippen molar-refractivity contribution in [1.82, 2.24) is 5.32 Å². The third-order valence-corrected chi connectivity index (χ3v) is 5.78. The predicted molar refractivity (Wildman–Crippen MR) is 91.4 cm³/mol. The highest BCUT2D eigenvalue weighted by atomic mass is 35.5. The van der Waals surface area contributed by atoms with Crippen molar-refractivity contribution < 1.29 is 13.2 Å². The minimum atomic E-state index is -3.60. The molecule has 0 unspecified atom stereocenters. The van der Waals surface area contributed by atoms with Gasteiger partial charge in [0.05, 0.1) is 15.7 Å². The molecule has 4 nitrogen and oxygen atoms in total. The number of benzene rings is 2. The molecule has 23 heavy (non-hydrogen) atoms. The molecule has 0 aliphatic rings. The Bertz CT molecular complexity index is 806. The number of hydrogen-bond donors (Lipinski definition) is 1. The normalized spacial score (nSPS) is 11.2. The first kappa shape index (κ1) is 17.8. The summed E-state index contributed by atoms with van der Waals surface area (Å²) in [7, 11) is -3.60. The van der Waals surface area contributed by atoms with Gasteiger partial charge in [-0.25, -0.2) is 8.42 Å². The molecule has 2 aromatic rings. The van der Waals surface area contributed by atoms with E-state index in [0.29, 0.717) is 5.02 Å². The van der Waals surface area contributed by atoms with Gasteiger partial charge in [0.2, 0.25) is 5.91 Å². The molecule has 7 heteroatoms. The molecule has 0 bridgehead atoms. The molecule has 0 fully saturated rings. The van der Waals surface area contributed by atoms with Crippen LogP contribution in [0.25, 0.3) is 0 Å². The van der Waals surface area contributed by atoms with E-state index in [1.54, 1.807) is 30.3 Å². The number of sulfone groups is 1. The molecule has 2 aromatic carbocycles. The van der Waals surface area contributed by atoms with Crippen LogP contribution < -0.4 is 5.32 Å². The van der Waals surface area contributed by atoms with E-state index in [1.165, 1.54) is 12.1 Å². The summed E-state index contributed by atoms with van der Waals surface area (Å²) in [4.78, 5) is 11.9. The first-order valence-corrected chi connectivity index (χ1v) is 9.28. The SMILES string of the molecule is O=C(CCS(=O)(=O)c1ccccc1Cl)NCc1ccccc1Cl. The molecular weight excluding hydrogens is 357 g/mol. The van der Waals surface area contributed by atoms with Crippen LogP contribution in [-0.4, -0.2) is 20.1 Å². The molecular formula is C16H15Cl2NO3S. The Hall–Kier alpha value is -1.56. The van der Waals surface area contributed by atoms with Crippen LogP contribution in [0, 0.1) is 0 Å². The van der Waals surface area contributed by atoms with E-state index in [1.807, 2.05) is 6.07 Å². The van der Waals surface area contributed by atoms with Crippen molar-refractivity contribution in [3.05, 3.63) is 64.1 Å². The van der Waals surface area contributed by atoms with Gasteiger partial charge in [-0.1, -0.05) is 53.5 Å². The van der Waals surface area contributed by atoms with Gasteiger partial charge in [0.1, 0.15) is 0 Å². The summed E-state index contributed by atoms with van der Waals surface area (Å²) in [6.45, 7) is 0.255. The lowest BCUT2D eigenvalue weighted by molar-refractivity contribution is -0.120. The largest absolute Gasteiger partial charge is 0.352 e. The van der Waals surface area contributed by atoms with Crippen molar-refractivity contribution in [1.29, 1.82) is 0 Å². The lowest BCUT2D eigenvalue weighted by Crippen LogP contribution is -2.25. The number of amides is 1. The standard InChI is InChI=1S/C16H15Cl2NO3S/c17-13-6-2-1-5-12(13)11-19-16(20)9-10-23(21,22)15-8-4-3-7-14(15)18/h1-8H,9-11H2,(H,19,20). The van der Waals surface area contributed by atoms with Gasteiger partial charge in [0.25, 0.3) is 0 Å². The van der Waals surface area contributed by atoms with Crippen molar-refractivity contribution >= 4 is 38.9 Å². The Kier molecular flexibility index (Phi) is 6.04. The molecule has 1 N–H and O–H groups in total. The first-order valence-electron chi connectivity index (χ1n) is 6.87. The molecule has 0 spiro atoms. The van der Waals surface area contributed by atoms with Crippen molar-refractivity contribution in [3.8, 4) is 0 Å². The first-order chi connectivity index (χ1) is 10.9. The van der Waals surface area contributed by atoms with E-state index >= 15 is 0 Å². The lowest BCUT2D eigenvalue weighted by atomic mass is 10.2. The fraction of sp³-hybridized carbons (Fsp3) is 0.188. The van der Waals surface area contributed by atoms with E-state index < -0.39 is 9.84 Å². The van der Waals surface area contributed by atoms with Gasteiger partial charge in [-0.15, -0.1) is 0 Å². The van der Waals surface area contributed by atoms with Crippen LogP contribution in [0.15, 0.2) is 53.4 Å². The van der Waals surface area contributed by atoms with Crippen LogP contribution in [-0.2, 0) is 21.2 Å². The summed E-state index contributed by atoms with van der Waals surface area (Å²) in [6.07, 6.45) is -0.141. The summed E-state index contributed by atoms with van der Waals surface area (Å²) >= 11 is 11.9. The predicted octanol–water partition coefficient (Wildman–Crippen LogP) is 3.47. The Morgan fingerprint density at radius 3 is 2.22 bits per heavy atom. The molecule has 0 saturated carbocycles. The van der Waals surface area contributed by atoms with Crippen LogP contribution in [0.1, 0.15) is 12.0 Å². The zero-order valence-electron chi connectivity index (χ0n) is 12.1. The average molecular weight is 372 g/mol. The number of nitrogens with one attached hydrogen (secondary N) is 1. The molecule has 0 aliphatic heterocycles. The smallest absolute Gasteiger partial charge is 0.221 e. The zero-order valence-corrected chi connectivity index (χ0v) is 14.5. The molecule has 122 valence electrons. The van der Waals surface area contributed by atoms with Crippen molar-refractivity contribution in [3.63, 3.8) is 0 Å². The number of rotatable bonds is 6.